The van der Waals surface area contributed by atoms with Crippen molar-refractivity contribution in [3.63, 3.8) is 0 Å². The quantitative estimate of drug-likeness (QED) is 0.0546. The Kier molecular flexibility index (Phi) is 30.7. The largest absolute Gasteiger partial charge is 0.785 e. The lowest BCUT2D eigenvalue weighted by Gasteiger charge is -2.28. The molecular weight excluding hydrogens is 516 g/mol. The lowest BCUT2D eigenvalue weighted by atomic mass is 10.0. The summed E-state index contributed by atoms with van der Waals surface area (Å²) in [4.78, 5) is 24.2. The maximum absolute atomic E-state index is 12.2. The van der Waals surface area contributed by atoms with Gasteiger partial charge in [-0.3, -0.25) is 9.59 Å². The number of hydrogen-bond donors (Lipinski definition) is 5. The van der Waals surface area contributed by atoms with Gasteiger partial charge in [-0.1, -0.05) is 84.0 Å². The Morgan fingerprint density at radius 2 is 1.20 bits per heavy atom. The molecule has 0 unspecified atom stereocenters. The third-order valence-corrected chi connectivity index (χ3v) is 7.56. The maximum atomic E-state index is 12.2. The summed E-state index contributed by atoms with van der Waals surface area (Å²) in [5.74, 6) is -0.0424. The van der Waals surface area contributed by atoms with Gasteiger partial charge in [-0.2, -0.15) is 0 Å². The van der Waals surface area contributed by atoms with Gasteiger partial charge in [-0.25, -0.2) is 0 Å². The average molecular weight is 584 g/mol. The average Bonchev–Trinajstić information content (AvgIpc) is 2.96. The molecule has 244 valence electrons. The van der Waals surface area contributed by atoms with Gasteiger partial charge in [0.25, 0.3) is 0 Å². The van der Waals surface area contributed by atoms with Crippen LogP contribution in [0.1, 0.15) is 142 Å². The van der Waals surface area contributed by atoms with E-state index in [1.54, 1.807) is 0 Å². The maximum Gasteiger partial charge on any atom is 0.236 e. The molecule has 0 aliphatic heterocycles. The van der Waals surface area contributed by atoms with Crippen molar-refractivity contribution < 1.29 is 9.59 Å². The van der Waals surface area contributed by atoms with E-state index >= 15 is 0 Å². The van der Waals surface area contributed by atoms with E-state index in [1.165, 1.54) is 70.6 Å². The van der Waals surface area contributed by atoms with Crippen LogP contribution in [0.15, 0.2) is 0 Å². The monoisotopic (exact) mass is 584 g/mol. The van der Waals surface area contributed by atoms with Crippen molar-refractivity contribution in [3.8, 4) is 0 Å². The molecule has 9 nitrogen and oxygen atoms in total. The minimum atomic E-state index is -0.549. The summed E-state index contributed by atoms with van der Waals surface area (Å²) in [6.45, 7) is 6.82. The number of carbonyl (C=O) groups excluding carboxylic acids is 2. The van der Waals surface area contributed by atoms with Gasteiger partial charge >= 0.3 is 0 Å². The SMILES string of the molecule is CCCCCCCCCCCCCCCC(=O)NCCCC[C@@H](N)C(=O)NCCCN([O-])CCCCNCCCN. The van der Waals surface area contributed by atoms with Crippen LogP contribution in [0, 0.1) is 5.21 Å². The third kappa shape index (κ3) is 30.0. The Hall–Kier alpha value is -1.26. The molecule has 0 aromatic heterocycles. The first kappa shape index (κ1) is 39.7. The zero-order chi connectivity index (χ0) is 30.2. The van der Waals surface area contributed by atoms with Crippen LogP contribution in [0.3, 0.4) is 0 Å². The van der Waals surface area contributed by atoms with E-state index in [9.17, 15) is 14.8 Å². The van der Waals surface area contributed by atoms with Crippen LogP contribution >= 0.6 is 0 Å². The molecule has 0 radical (unpaired) electrons. The number of amides is 2. The Balaban J connectivity index is 3.47. The van der Waals surface area contributed by atoms with E-state index in [-0.39, 0.29) is 11.8 Å². The van der Waals surface area contributed by atoms with Crippen molar-refractivity contribution in [2.24, 2.45) is 11.5 Å². The van der Waals surface area contributed by atoms with Gasteiger partial charge in [0.1, 0.15) is 0 Å². The van der Waals surface area contributed by atoms with Gasteiger partial charge in [-0.05, 0) is 84.1 Å². The van der Waals surface area contributed by atoms with Gasteiger partial charge in [0, 0.05) is 19.5 Å². The molecule has 0 aliphatic rings. The fraction of sp³-hybridized carbons (Fsp3) is 0.938. The van der Waals surface area contributed by atoms with Crippen molar-refractivity contribution >= 4 is 11.8 Å². The number of carbonyl (C=O) groups is 2. The lowest BCUT2D eigenvalue weighted by Crippen LogP contribution is -2.41. The Morgan fingerprint density at radius 3 is 1.83 bits per heavy atom. The normalized spacial score (nSPS) is 12.1. The van der Waals surface area contributed by atoms with E-state index in [4.69, 9.17) is 11.5 Å². The summed E-state index contributed by atoms with van der Waals surface area (Å²) >= 11 is 0. The molecule has 0 saturated carbocycles. The second-order valence-corrected chi connectivity index (χ2v) is 11.6. The van der Waals surface area contributed by atoms with Crippen LogP contribution in [-0.2, 0) is 9.59 Å². The van der Waals surface area contributed by atoms with E-state index in [0.717, 1.165) is 63.1 Å². The molecular formula is C32H67N6O3-. The van der Waals surface area contributed by atoms with Crippen molar-refractivity contribution in [1.82, 2.24) is 21.0 Å². The molecule has 0 heterocycles. The first-order valence-corrected chi connectivity index (χ1v) is 17.1. The number of hydroxylamine groups is 2. The lowest BCUT2D eigenvalue weighted by molar-refractivity contribution is -0.123. The first-order chi connectivity index (χ1) is 20.0. The topological polar surface area (TPSA) is 149 Å². The van der Waals surface area contributed by atoms with Gasteiger partial charge in [0.05, 0.1) is 6.04 Å². The number of nitrogens with two attached hydrogens (primary N) is 2. The molecule has 9 heteroatoms. The number of rotatable bonds is 32. The van der Waals surface area contributed by atoms with Gasteiger partial charge in [0.2, 0.25) is 11.8 Å². The smallest absolute Gasteiger partial charge is 0.236 e. The molecule has 2 amide bonds. The Morgan fingerprint density at radius 1 is 0.659 bits per heavy atom. The predicted octanol–water partition coefficient (Wildman–Crippen LogP) is 5.11. The van der Waals surface area contributed by atoms with E-state index < -0.39 is 6.04 Å². The second-order valence-electron chi connectivity index (χ2n) is 11.6. The molecule has 0 aliphatic carbocycles. The van der Waals surface area contributed by atoms with Crippen LogP contribution in [0.4, 0.5) is 0 Å². The summed E-state index contributed by atoms with van der Waals surface area (Å²) in [6, 6.07) is -0.549. The first-order valence-electron chi connectivity index (χ1n) is 17.1. The minimum Gasteiger partial charge on any atom is -0.785 e. The zero-order valence-corrected chi connectivity index (χ0v) is 26.7. The van der Waals surface area contributed by atoms with Crippen molar-refractivity contribution in [1.29, 1.82) is 0 Å². The number of nitrogens with zero attached hydrogens (tertiary/aromatic N) is 1. The van der Waals surface area contributed by atoms with Crippen LogP contribution < -0.4 is 27.4 Å². The Bertz CT molecular complexity index is 582. The van der Waals surface area contributed by atoms with Gasteiger partial charge < -0.3 is 37.7 Å². The number of hydrogen-bond acceptors (Lipinski definition) is 7. The molecule has 0 fully saturated rings. The highest BCUT2D eigenvalue weighted by molar-refractivity contribution is 5.81. The van der Waals surface area contributed by atoms with Crippen molar-refractivity contribution in [2.45, 2.75) is 148 Å². The standard InChI is InChI=1S/C32H67N6O3/c1-2-3-4-5-6-7-8-9-10-11-12-13-14-22-31(39)36-26-16-15-21-30(34)32(40)37-27-20-29-38(41)28-18-17-24-35-25-19-23-33/h30,35H,2-29,33-34H2,1H3,(H,36,39)(H,37,40)/q-1/t30-/m1/s1. The summed E-state index contributed by atoms with van der Waals surface area (Å²) in [5, 5.41) is 22.1. The van der Waals surface area contributed by atoms with Crippen LogP contribution in [-0.4, -0.2) is 68.7 Å². The third-order valence-electron chi connectivity index (χ3n) is 7.56. The van der Waals surface area contributed by atoms with Gasteiger partial charge in [-0.15, -0.1) is 0 Å². The highest BCUT2D eigenvalue weighted by Crippen LogP contribution is 2.13. The second kappa shape index (κ2) is 31.7. The highest BCUT2D eigenvalue weighted by Gasteiger charge is 2.12. The molecule has 0 aromatic rings. The number of unbranched alkanes of at least 4 members (excludes halogenated alkanes) is 14. The van der Waals surface area contributed by atoms with Gasteiger partial charge in [0.15, 0.2) is 0 Å². The van der Waals surface area contributed by atoms with E-state index in [0.29, 0.717) is 52.0 Å². The van der Waals surface area contributed by atoms with E-state index in [2.05, 4.69) is 22.9 Å². The fourth-order valence-electron chi connectivity index (χ4n) is 4.84. The summed E-state index contributed by atoms with van der Waals surface area (Å²) in [7, 11) is 0. The summed E-state index contributed by atoms with van der Waals surface area (Å²) < 4.78 is 0. The zero-order valence-electron chi connectivity index (χ0n) is 26.7. The van der Waals surface area contributed by atoms with E-state index in [1.807, 2.05) is 0 Å². The van der Waals surface area contributed by atoms with Crippen molar-refractivity contribution in [3.05, 3.63) is 5.21 Å². The predicted molar refractivity (Wildman–Crippen MR) is 173 cm³/mol. The van der Waals surface area contributed by atoms with Crippen LogP contribution in [0.25, 0.3) is 0 Å². The summed E-state index contributed by atoms with van der Waals surface area (Å²) in [6.07, 6.45) is 23.2. The highest BCUT2D eigenvalue weighted by atomic mass is 16.5. The molecule has 41 heavy (non-hydrogen) atoms. The fourth-order valence-corrected chi connectivity index (χ4v) is 4.84. The van der Waals surface area contributed by atoms with Crippen LogP contribution in [0.2, 0.25) is 0 Å². The molecule has 0 spiro atoms. The van der Waals surface area contributed by atoms with Crippen molar-refractivity contribution in [2.75, 3.05) is 45.8 Å². The molecule has 0 saturated heterocycles. The summed E-state index contributed by atoms with van der Waals surface area (Å²) in [5.41, 5.74) is 11.5. The molecule has 0 bridgehead atoms. The molecule has 7 N–H and O–H groups in total. The molecule has 1 atom stereocenters. The minimum absolute atomic E-state index is 0.127. The number of nitrogens with one attached hydrogen (secondary N) is 3. The molecule has 0 aromatic carbocycles. The van der Waals surface area contributed by atoms with Crippen LogP contribution in [0.5, 0.6) is 0 Å². The molecule has 0 rings (SSSR count). The Labute approximate surface area is 252 Å².